The molecule has 2 aromatic rings. The number of benzene rings is 2. The van der Waals surface area contributed by atoms with Gasteiger partial charge in [-0.05, 0) is 56.5 Å². The molecule has 2 saturated heterocycles. The molecule has 1 N–H and O–H groups in total. The van der Waals surface area contributed by atoms with E-state index in [1.165, 1.54) is 4.90 Å². The zero-order valence-electron chi connectivity index (χ0n) is 20.5. The van der Waals surface area contributed by atoms with Crippen molar-refractivity contribution in [3.63, 3.8) is 0 Å². The number of hydrogen-bond donors (Lipinski definition) is 1. The van der Waals surface area contributed by atoms with E-state index in [0.717, 1.165) is 12.8 Å². The number of ether oxygens (including phenoxy) is 2. The highest BCUT2D eigenvalue weighted by Crippen LogP contribution is 2.53. The predicted molar refractivity (Wildman–Crippen MR) is 134 cm³/mol. The van der Waals surface area contributed by atoms with Gasteiger partial charge in [0.25, 0.3) is 17.6 Å². The van der Waals surface area contributed by atoms with E-state index in [1.54, 1.807) is 41.3 Å². The second-order valence-corrected chi connectivity index (χ2v) is 9.25. The average molecular weight is 491 g/mol. The molecule has 0 unspecified atom stereocenters. The Morgan fingerprint density at radius 2 is 1.86 bits per heavy atom. The normalized spacial score (nSPS) is 24.7. The number of hydrogen-bond acceptors (Lipinski definition) is 6. The lowest BCUT2D eigenvalue weighted by Crippen LogP contribution is -2.53. The van der Waals surface area contributed by atoms with E-state index >= 15 is 0 Å². The quantitative estimate of drug-likeness (QED) is 0.362. The van der Waals surface area contributed by atoms with Crippen molar-refractivity contribution in [2.45, 2.75) is 44.8 Å². The largest absolute Gasteiger partial charge is 0.507 e. The van der Waals surface area contributed by atoms with E-state index < -0.39 is 23.1 Å². The third-order valence-electron chi connectivity index (χ3n) is 7.11. The van der Waals surface area contributed by atoms with Gasteiger partial charge < -0.3 is 24.4 Å². The van der Waals surface area contributed by atoms with Crippen LogP contribution in [0.5, 0.6) is 5.75 Å². The number of Topliss-reactive ketones (excluding diaryl/α,β-unsaturated/α-hetero) is 1. The van der Waals surface area contributed by atoms with E-state index in [0.29, 0.717) is 48.7 Å². The Balaban J connectivity index is 1.74. The van der Waals surface area contributed by atoms with E-state index in [-0.39, 0.29) is 24.0 Å². The molecule has 2 amide bonds. The van der Waals surface area contributed by atoms with Crippen molar-refractivity contribution in [3.8, 4) is 5.75 Å². The Bertz CT molecular complexity index is 1230. The van der Waals surface area contributed by atoms with Crippen molar-refractivity contribution in [1.29, 1.82) is 0 Å². The first-order valence-corrected chi connectivity index (χ1v) is 12.5. The second kappa shape index (κ2) is 9.43. The maximum Gasteiger partial charge on any atom is 0.296 e. The van der Waals surface area contributed by atoms with Crippen molar-refractivity contribution in [1.82, 2.24) is 4.90 Å². The molecule has 0 radical (unpaired) electrons. The van der Waals surface area contributed by atoms with Crippen LogP contribution >= 0.6 is 0 Å². The van der Waals surface area contributed by atoms with Gasteiger partial charge in [-0.3, -0.25) is 14.4 Å². The number of aliphatic hydroxyl groups is 1. The number of para-hydroxylation sites is 1. The van der Waals surface area contributed by atoms with Gasteiger partial charge in [0.2, 0.25) is 0 Å². The third kappa shape index (κ3) is 3.51. The highest BCUT2D eigenvalue weighted by atomic mass is 16.5. The first kappa shape index (κ1) is 24.1. The van der Waals surface area contributed by atoms with Crippen LogP contribution in [0.4, 0.5) is 5.69 Å². The van der Waals surface area contributed by atoms with Gasteiger partial charge in [0.1, 0.15) is 11.5 Å². The topological polar surface area (TPSA) is 96.4 Å². The molecule has 0 bridgehead atoms. The molecule has 8 heteroatoms. The van der Waals surface area contributed by atoms with Gasteiger partial charge in [-0.25, -0.2) is 0 Å². The van der Waals surface area contributed by atoms with Gasteiger partial charge in [-0.1, -0.05) is 25.1 Å². The third-order valence-corrected chi connectivity index (χ3v) is 7.11. The second-order valence-electron chi connectivity index (χ2n) is 9.25. The molecule has 3 aliphatic rings. The van der Waals surface area contributed by atoms with Gasteiger partial charge in [0.05, 0.1) is 24.0 Å². The molecule has 5 rings (SSSR count). The van der Waals surface area contributed by atoms with Gasteiger partial charge >= 0.3 is 0 Å². The van der Waals surface area contributed by atoms with Crippen LogP contribution in [0.25, 0.3) is 5.76 Å². The molecule has 2 atom stereocenters. The molecule has 36 heavy (non-hydrogen) atoms. The predicted octanol–water partition coefficient (Wildman–Crippen LogP) is 3.60. The summed E-state index contributed by atoms with van der Waals surface area (Å²) in [6, 6.07) is 13.8. The minimum atomic E-state index is -1.76. The Morgan fingerprint density at radius 3 is 2.53 bits per heavy atom. The Hall–Kier alpha value is -3.65. The zero-order chi connectivity index (χ0) is 25.4. The summed E-state index contributed by atoms with van der Waals surface area (Å²) in [5.41, 5.74) is -0.471. The van der Waals surface area contributed by atoms with Crippen molar-refractivity contribution < 1.29 is 29.0 Å². The Labute approximate surface area is 210 Å². The van der Waals surface area contributed by atoms with E-state index in [2.05, 4.69) is 0 Å². The molecule has 0 saturated carbocycles. The van der Waals surface area contributed by atoms with Crippen LogP contribution in [0.1, 0.15) is 44.2 Å². The lowest BCUT2D eigenvalue weighted by molar-refractivity contribution is -0.145. The van der Waals surface area contributed by atoms with Crippen LogP contribution < -0.4 is 9.64 Å². The van der Waals surface area contributed by atoms with Gasteiger partial charge in [0, 0.05) is 30.8 Å². The van der Waals surface area contributed by atoms with Crippen molar-refractivity contribution in [2.24, 2.45) is 0 Å². The number of carbonyl (C=O) groups is 3. The van der Waals surface area contributed by atoms with Gasteiger partial charge in [0.15, 0.2) is 5.54 Å². The van der Waals surface area contributed by atoms with Crippen molar-refractivity contribution >= 4 is 29.0 Å². The highest BCUT2D eigenvalue weighted by Gasteiger charge is 2.67. The minimum absolute atomic E-state index is 0.0880. The lowest BCUT2D eigenvalue weighted by atomic mass is 9.81. The summed E-state index contributed by atoms with van der Waals surface area (Å²) < 4.78 is 11.3. The molecule has 8 nitrogen and oxygen atoms in total. The minimum Gasteiger partial charge on any atom is -0.507 e. The molecule has 0 aromatic heterocycles. The summed E-state index contributed by atoms with van der Waals surface area (Å²) in [5, 5.41) is 11.5. The number of carbonyl (C=O) groups excluding carboxylic acids is 3. The number of nitrogens with zero attached hydrogens (tertiary/aromatic N) is 2. The lowest BCUT2D eigenvalue weighted by Gasteiger charge is -2.35. The first-order valence-electron chi connectivity index (χ1n) is 12.5. The molecule has 3 heterocycles. The number of fused-ring (bicyclic) bond motifs is 2. The SMILES string of the molecule is CCCN1C(=O)[C@@]2(C(=C(O)c3ccc(OCC)cc3)C(=O)C(=O)N2C[C@@H]2CCCO2)c2ccccc21. The maximum absolute atomic E-state index is 14.3. The monoisotopic (exact) mass is 490 g/mol. The van der Waals surface area contributed by atoms with Crippen LogP contribution in [-0.4, -0.2) is 60.0 Å². The molecule has 1 spiro atoms. The Morgan fingerprint density at radius 1 is 1.11 bits per heavy atom. The summed E-state index contributed by atoms with van der Waals surface area (Å²) in [6.07, 6.45) is 1.98. The van der Waals surface area contributed by atoms with Crippen molar-refractivity contribution in [2.75, 3.05) is 31.2 Å². The number of amides is 2. The summed E-state index contributed by atoms with van der Waals surface area (Å²) in [4.78, 5) is 44.4. The van der Waals surface area contributed by atoms with Gasteiger partial charge in [-0.15, -0.1) is 0 Å². The van der Waals surface area contributed by atoms with Crippen LogP contribution in [-0.2, 0) is 24.7 Å². The molecular weight excluding hydrogens is 460 g/mol. The molecule has 2 fully saturated rings. The van der Waals surface area contributed by atoms with Crippen LogP contribution in [0, 0.1) is 0 Å². The Kier molecular flexibility index (Phi) is 6.30. The fourth-order valence-corrected chi connectivity index (χ4v) is 5.57. The molecule has 3 aliphatic heterocycles. The van der Waals surface area contributed by atoms with Crippen LogP contribution in [0.3, 0.4) is 0 Å². The maximum atomic E-state index is 14.3. The van der Waals surface area contributed by atoms with E-state index in [1.807, 2.05) is 26.0 Å². The zero-order valence-corrected chi connectivity index (χ0v) is 20.5. The summed E-state index contributed by atoms with van der Waals surface area (Å²) in [7, 11) is 0. The molecular formula is C28H30N2O6. The number of aliphatic hydroxyl groups excluding tert-OH is 1. The standard InChI is InChI=1S/C28H30N2O6/c1-3-15-29-22-10-6-5-9-21(22)28(27(29)34)23(24(31)18-11-13-19(14-12-18)35-4-2)25(32)26(33)30(28)17-20-8-7-16-36-20/h5-6,9-14,20,31H,3-4,7-8,15-17H2,1-2H3/t20-,28-/m0/s1. The number of likely N-dealkylation sites (tertiary alicyclic amines) is 1. The number of rotatable bonds is 7. The van der Waals surface area contributed by atoms with E-state index in [9.17, 15) is 19.5 Å². The summed E-state index contributed by atoms with van der Waals surface area (Å²) >= 11 is 0. The molecule has 0 aliphatic carbocycles. The number of ketones is 1. The fraction of sp³-hybridized carbons (Fsp3) is 0.393. The number of anilines is 1. The van der Waals surface area contributed by atoms with Crippen molar-refractivity contribution in [3.05, 3.63) is 65.2 Å². The van der Waals surface area contributed by atoms with Crippen LogP contribution in [0.2, 0.25) is 0 Å². The smallest absolute Gasteiger partial charge is 0.296 e. The van der Waals surface area contributed by atoms with E-state index in [4.69, 9.17) is 9.47 Å². The fourth-order valence-electron chi connectivity index (χ4n) is 5.57. The summed E-state index contributed by atoms with van der Waals surface area (Å²) in [5.74, 6) is -1.86. The summed E-state index contributed by atoms with van der Waals surface area (Å²) in [6.45, 7) is 5.40. The van der Waals surface area contributed by atoms with Gasteiger partial charge in [-0.2, -0.15) is 0 Å². The molecule has 188 valence electrons. The van der Waals surface area contributed by atoms with Crippen LogP contribution in [0.15, 0.2) is 54.1 Å². The molecule has 2 aromatic carbocycles. The average Bonchev–Trinajstić information content (AvgIpc) is 3.55. The first-order chi connectivity index (χ1) is 17.4. The highest BCUT2D eigenvalue weighted by molar-refractivity contribution is 6.50.